The lowest BCUT2D eigenvalue weighted by Crippen LogP contribution is -2.42. The summed E-state index contributed by atoms with van der Waals surface area (Å²) in [4.78, 5) is 18.1. The minimum atomic E-state index is -3.66. The first-order valence-electron chi connectivity index (χ1n) is 8.70. The van der Waals surface area contributed by atoms with Crippen LogP contribution >= 0.6 is 0 Å². The molecule has 0 aliphatic carbocycles. The number of rotatable bonds is 5. The van der Waals surface area contributed by atoms with Crippen LogP contribution in [0.4, 0.5) is 0 Å². The highest BCUT2D eigenvalue weighted by atomic mass is 32.2. The molecular formula is C18H23N3O4S. The molecule has 0 N–H and O–H groups in total. The molecule has 1 aromatic heterocycles. The Kier molecular flexibility index (Phi) is 5.41. The van der Waals surface area contributed by atoms with Crippen LogP contribution in [0.2, 0.25) is 0 Å². The van der Waals surface area contributed by atoms with Gasteiger partial charge in [-0.1, -0.05) is 41.9 Å². The summed E-state index contributed by atoms with van der Waals surface area (Å²) in [5.41, 5.74) is 1.85. The van der Waals surface area contributed by atoms with Gasteiger partial charge in [0.05, 0.1) is 0 Å². The molecular weight excluding hydrogens is 354 g/mol. The Bertz CT molecular complexity index is 874. The molecule has 0 radical (unpaired) electrons. The Hall–Kier alpha value is -2.22. The summed E-state index contributed by atoms with van der Waals surface area (Å²) in [7, 11) is -3.66. The molecule has 1 aliphatic rings. The number of carbonyl (C=O) groups excluding carboxylic acids is 1. The van der Waals surface area contributed by atoms with E-state index in [0.29, 0.717) is 24.8 Å². The van der Waals surface area contributed by atoms with E-state index >= 15 is 0 Å². The van der Waals surface area contributed by atoms with Crippen molar-refractivity contribution in [1.82, 2.24) is 15.0 Å². The Morgan fingerprint density at radius 1 is 1.31 bits per heavy atom. The fourth-order valence-corrected chi connectivity index (χ4v) is 4.22. The van der Waals surface area contributed by atoms with Gasteiger partial charge in [-0.25, -0.2) is 8.42 Å². The van der Waals surface area contributed by atoms with Crippen LogP contribution in [0.5, 0.6) is 0 Å². The van der Waals surface area contributed by atoms with Crippen LogP contribution in [0.25, 0.3) is 11.4 Å². The zero-order valence-electron chi connectivity index (χ0n) is 15.0. The number of carbonyl (C=O) groups is 1. The maximum Gasteiger partial charge on any atom is 0.242 e. The molecule has 1 saturated heterocycles. The molecule has 26 heavy (non-hydrogen) atoms. The molecule has 0 bridgehead atoms. The van der Waals surface area contributed by atoms with E-state index in [9.17, 15) is 13.2 Å². The van der Waals surface area contributed by atoms with Crippen molar-refractivity contribution in [1.29, 1.82) is 0 Å². The molecule has 0 saturated carbocycles. The van der Waals surface area contributed by atoms with Crippen LogP contribution in [-0.2, 0) is 20.4 Å². The fraction of sp³-hybridized carbons (Fsp3) is 0.500. The molecule has 1 fully saturated rings. The van der Waals surface area contributed by atoms with E-state index in [4.69, 9.17) is 4.52 Å². The van der Waals surface area contributed by atoms with Crippen LogP contribution in [0, 0.1) is 12.8 Å². The third-order valence-corrected chi connectivity index (χ3v) is 5.85. The molecule has 2 heterocycles. The van der Waals surface area contributed by atoms with E-state index in [-0.39, 0.29) is 11.8 Å². The summed E-state index contributed by atoms with van der Waals surface area (Å²) in [5.74, 6) is -0.562. The van der Waals surface area contributed by atoms with Crippen LogP contribution in [0.15, 0.2) is 28.8 Å². The van der Waals surface area contributed by atoms with Crippen LogP contribution in [-0.4, -0.2) is 48.2 Å². The smallest absolute Gasteiger partial charge is 0.242 e. The van der Waals surface area contributed by atoms with Crippen molar-refractivity contribution >= 4 is 15.7 Å². The standard InChI is InChI=1S/C18H23N3O4S/c1-13-5-7-15(8-6-13)18-19-16(25-20-18)11-26(23,24)12-17(22)21-9-3-4-14(2)10-21/h5-8,14H,3-4,9-12H2,1-2H3/t14-/m1/s1. The number of nitrogens with zero attached hydrogens (tertiary/aromatic N) is 3. The van der Waals surface area contributed by atoms with Gasteiger partial charge < -0.3 is 9.42 Å². The average molecular weight is 377 g/mol. The van der Waals surface area contributed by atoms with Gasteiger partial charge in [0, 0.05) is 18.7 Å². The highest BCUT2D eigenvalue weighted by Gasteiger charge is 2.27. The number of likely N-dealkylation sites (tertiary alicyclic amines) is 1. The van der Waals surface area contributed by atoms with Crippen molar-refractivity contribution in [2.24, 2.45) is 5.92 Å². The topological polar surface area (TPSA) is 93.4 Å². The van der Waals surface area contributed by atoms with Gasteiger partial charge in [-0.2, -0.15) is 4.98 Å². The highest BCUT2D eigenvalue weighted by Crippen LogP contribution is 2.18. The van der Waals surface area contributed by atoms with Crippen molar-refractivity contribution < 1.29 is 17.7 Å². The van der Waals surface area contributed by atoms with Gasteiger partial charge in [-0.15, -0.1) is 0 Å². The molecule has 1 aromatic carbocycles. The van der Waals surface area contributed by atoms with E-state index in [2.05, 4.69) is 17.1 Å². The Balaban J connectivity index is 1.64. The predicted molar refractivity (Wildman–Crippen MR) is 96.9 cm³/mol. The summed E-state index contributed by atoms with van der Waals surface area (Å²) in [6.45, 7) is 5.28. The van der Waals surface area contributed by atoms with E-state index in [1.165, 1.54) is 0 Å². The summed E-state index contributed by atoms with van der Waals surface area (Å²) >= 11 is 0. The van der Waals surface area contributed by atoms with E-state index < -0.39 is 21.3 Å². The van der Waals surface area contributed by atoms with Gasteiger partial charge in [-0.3, -0.25) is 4.79 Å². The van der Waals surface area contributed by atoms with Crippen LogP contribution < -0.4 is 0 Å². The summed E-state index contributed by atoms with van der Waals surface area (Å²) in [5, 5.41) is 3.83. The number of hydrogen-bond acceptors (Lipinski definition) is 6. The molecule has 3 rings (SSSR count). The largest absolute Gasteiger partial charge is 0.342 e. The number of amides is 1. The molecule has 1 amide bonds. The molecule has 8 heteroatoms. The van der Waals surface area contributed by atoms with Crippen molar-refractivity contribution in [3.63, 3.8) is 0 Å². The lowest BCUT2D eigenvalue weighted by atomic mass is 10.0. The molecule has 7 nitrogen and oxygen atoms in total. The molecule has 140 valence electrons. The lowest BCUT2D eigenvalue weighted by Gasteiger charge is -2.30. The first kappa shape index (κ1) is 18.6. The SMILES string of the molecule is Cc1ccc(-c2noc(CS(=O)(=O)CC(=O)N3CCC[C@@H](C)C3)n2)cc1. The van der Waals surface area contributed by atoms with E-state index in [0.717, 1.165) is 24.0 Å². The Morgan fingerprint density at radius 3 is 2.73 bits per heavy atom. The van der Waals surface area contributed by atoms with Crippen molar-refractivity contribution in [2.75, 3.05) is 18.8 Å². The number of piperidine rings is 1. The lowest BCUT2D eigenvalue weighted by molar-refractivity contribution is -0.130. The van der Waals surface area contributed by atoms with Gasteiger partial charge in [-0.05, 0) is 25.7 Å². The first-order valence-corrected chi connectivity index (χ1v) is 10.5. The monoisotopic (exact) mass is 377 g/mol. The number of benzene rings is 1. The molecule has 0 unspecified atom stereocenters. The number of hydrogen-bond donors (Lipinski definition) is 0. The zero-order valence-corrected chi connectivity index (χ0v) is 15.8. The van der Waals surface area contributed by atoms with Gasteiger partial charge in [0.15, 0.2) is 9.84 Å². The fourth-order valence-electron chi connectivity index (χ4n) is 3.07. The third-order valence-electron chi connectivity index (χ3n) is 4.47. The van der Waals surface area contributed by atoms with E-state index in [1.807, 2.05) is 31.2 Å². The normalized spacial score (nSPS) is 18.1. The third kappa shape index (κ3) is 4.69. The maximum atomic E-state index is 12.3. The average Bonchev–Trinajstić information content (AvgIpc) is 3.02. The molecule has 0 spiro atoms. The number of aryl methyl sites for hydroxylation is 1. The summed E-state index contributed by atoms with van der Waals surface area (Å²) in [6, 6.07) is 7.53. The molecule has 1 atom stereocenters. The minimum absolute atomic E-state index is 0.000359. The Morgan fingerprint density at radius 2 is 2.04 bits per heavy atom. The second-order valence-corrected chi connectivity index (χ2v) is 9.06. The number of sulfone groups is 1. The van der Waals surface area contributed by atoms with Gasteiger partial charge in [0.1, 0.15) is 11.5 Å². The highest BCUT2D eigenvalue weighted by molar-refractivity contribution is 7.91. The first-order chi connectivity index (χ1) is 12.3. The van der Waals surface area contributed by atoms with Gasteiger partial charge >= 0.3 is 0 Å². The summed E-state index contributed by atoms with van der Waals surface area (Å²) in [6.07, 6.45) is 1.98. The Labute approximate surface area is 153 Å². The second-order valence-electron chi connectivity index (χ2n) is 7.00. The van der Waals surface area contributed by atoms with Gasteiger partial charge in [0.2, 0.25) is 17.6 Å². The van der Waals surface area contributed by atoms with E-state index in [1.54, 1.807) is 4.90 Å². The van der Waals surface area contributed by atoms with Crippen LogP contribution in [0.3, 0.4) is 0 Å². The zero-order chi connectivity index (χ0) is 18.7. The number of aromatic nitrogens is 2. The van der Waals surface area contributed by atoms with Crippen molar-refractivity contribution in [2.45, 2.75) is 32.4 Å². The molecule has 2 aromatic rings. The predicted octanol–water partition coefficient (Wildman–Crippen LogP) is 2.22. The quantitative estimate of drug-likeness (QED) is 0.793. The van der Waals surface area contributed by atoms with Crippen LogP contribution in [0.1, 0.15) is 31.2 Å². The molecule has 1 aliphatic heterocycles. The van der Waals surface area contributed by atoms with Gasteiger partial charge in [0.25, 0.3) is 0 Å². The minimum Gasteiger partial charge on any atom is -0.342 e. The summed E-state index contributed by atoms with van der Waals surface area (Å²) < 4.78 is 29.8. The van der Waals surface area contributed by atoms with Crippen molar-refractivity contribution in [3.05, 3.63) is 35.7 Å². The maximum absolute atomic E-state index is 12.3. The van der Waals surface area contributed by atoms with Crippen molar-refractivity contribution in [3.8, 4) is 11.4 Å². The second kappa shape index (κ2) is 7.57.